The van der Waals surface area contributed by atoms with Gasteiger partial charge in [-0.25, -0.2) is 0 Å². The van der Waals surface area contributed by atoms with Crippen LogP contribution in [0.25, 0.3) is 0 Å². The van der Waals surface area contributed by atoms with Gasteiger partial charge in [0.15, 0.2) is 0 Å². The largest absolute Gasteiger partial charge is 0.394 e. The molecule has 102 valence electrons. The van der Waals surface area contributed by atoms with Gasteiger partial charge in [0.1, 0.15) is 0 Å². The smallest absolute Gasteiger partial charge is 0.0895 e. The van der Waals surface area contributed by atoms with E-state index < -0.39 is 6.10 Å². The van der Waals surface area contributed by atoms with Gasteiger partial charge in [-0.2, -0.15) is 0 Å². The van der Waals surface area contributed by atoms with Crippen LogP contribution in [0.1, 0.15) is 37.9 Å². The lowest BCUT2D eigenvalue weighted by atomic mass is 10.00. The molecule has 1 aromatic rings. The van der Waals surface area contributed by atoms with Crippen molar-refractivity contribution in [2.45, 2.75) is 39.3 Å². The SMILES string of the molecule is CC(C)Cc1ccc([C@@H](C)NC[C@H](O)CO)cc1. The number of aliphatic hydroxyl groups excluding tert-OH is 2. The second-order valence-corrected chi connectivity index (χ2v) is 5.31. The molecule has 0 unspecified atom stereocenters. The van der Waals surface area contributed by atoms with Crippen molar-refractivity contribution in [2.24, 2.45) is 5.92 Å². The van der Waals surface area contributed by atoms with E-state index in [-0.39, 0.29) is 12.6 Å². The molecule has 0 aliphatic rings. The molecule has 3 nitrogen and oxygen atoms in total. The Balaban J connectivity index is 2.50. The fourth-order valence-electron chi connectivity index (χ4n) is 1.91. The number of nitrogens with one attached hydrogen (secondary N) is 1. The molecule has 0 saturated carbocycles. The van der Waals surface area contributed by atoms with Gasteiger partial charge in [0.25, 0.3) is 0 Å². The molecule has 3 heteroatoms. The minimum absolute atomic E-state index is 0.180. The first kappa shape index (κ1) is 15.2. The highest BCUT2D eigenvalue weighted by Crippen LogP contribution is 2.15. The third-order valence-electron chi connectivity index (χ3n) is 2.99. The first-order valence-corrected chi connectivity index (χ1v) is 6.64. The third kappa shape index (κ3) is 5.17. The number of hydrogen-bond acceptors (Lipinski definition) is 3. The van der Waals surface area contributed by atoms with E-state index in [4.69, 9.17) is 5.11 Å². The normalized spacial score (nSPS) is 14.8. The van der Waals surface area contributed by atoms with Crippen molar-refractivity contribution in [2.75, 3.05) is 13.2 Å². The van der Waals surface area contributed by atoms with Crippen LogP contribution in [-0.4, -0.2) is 29.5 Å². The lowest BCUT2D eigenvalue weighted by Gasteiger charge is -2.17. The van der Waals surface area contributed by atoms with Crippen LogP contribution in [0, 0.1) is 5.92 Å². The standard InChI is InChI=1S/C15H25NO2/c1-11(2)8-13-4-6-14(7-5-13)12(3)16-9-15(18)10-17/h4-7,11-12,15-18H,8-10H2,1-3H3/t12-,15+/m1/s1. The monoisotopic (exact) mass is 251 g/mol. The second-order valence-electron chi connectivity index (χ2n) is 5.31. The van der Waals surface area contributed by atoms with Crippen molar-refractivity contribution in [1.82, 2.24) is 5.32 Å². The van der Waals surface area contributed by atoms with Gasteiger partial charge in [0.2, 0.25) is 0 Å². The van der Waals surface area contributed by atoms with Crippen LogP contribution >= 0.6 is 0 Å². The van der Waals surface area contributed by atoms with Gasteiger partial charge in [-0.1, -0.05) is 38.1 Å². The van der Waals surface area contributed by atoms with Crippen molar-refractivity contribution in [1.29, 1.82) is 0 Å². The van der Waals surface area contributed by atoms with E-state index in [2.05, 4.69) is 50.4 Å². The maximum atomic E-state index is 9.28. The van der Waals surface area contributed by atoms with E-state index in [0.29, 0.717) is 12.5 Å². The summed E-state index contributed by atoms with van der Waals surface area (Å²) in [5.41, 5.74) is 2.56. The van der Waals surface area contributed by atoms with Crippen LogP contribution in [0.4, 0.5) is 0 Å². The molecule has 0 fully saturated rings. The summed E-state index contributed by atoms with van der Waals surface area (Å²) < 4.78 is 0. The predicted octanol–water partition coefficient (Wildman–Crippen LogP) is 1.89. The van der Waals surface area contributed by atoms with E-state index in [1.165, 1.54) is 11.1 Å². The lowest BCUT2D eigenvalue weighted by molar-refractivity contribution is 0.0924. The van der Waals surface area contributed by atoms with Crippen molar-refractivity contribution in [3.8, 4) is 0 Å². The Morgan fingerprint density at radius 3 is 2.22 bits per heavy atom. The molecule has 0 saturated heterocycles. The summed E-state index contributed by atoms with van der Waals surface area (Å²) in [6.07, 6.45) is 0.415. The zero-order chi connectivity index (χ0) is 13.5. The first-order valence-electron chi connectivity index (χ1n) is 6.64. The number of benzene rings is 1. The average Bonchev–Trinajstić information content (AvgIpc) is 2.35. The molecule has 18 heavy (non-hydrogen) atoms. The van der Waals surface area contributed by atoms with E-state index in [1.807, 2.05) is 0 Å². The zero-order valence-corrected chi connectivity index (χ0v) is 11.6. The fourth-order valence-corrected chi connectivity index (χ4v) is 1.91. The van der Waals surface area contributed by atoms with Gasteiger partial charge in [-0.15, -0.1) is 0 Å². The molecule has 0 aliphatic heterocycles. The molecule has 3 N–H and O–H groups in total. The Kier molecular flexibility index (Phi) is 6.33. The van der Waals surface area contributed by atoms with Crippen LogP contribution in [0.15, 0.2) is 24.3 Å². The van der Waals surface area contributed by atoms with Crippen LogP contribution in [-0.2, 0) is 6.42 Å². The summed E-state index contributed by atoms with van der Waals surface area (Å²) in [5, 5.41) is 21.2. The quantitative estimate of drug-likeness (QED) is 0.693. The van der Waals surface area contributed by atoms with Gasteiger partial charge < -0.3 is 15.5 Å². The van der Waals surface area contributed by atoms with E-state index in [9.17, 15) is 5.11 Å². The van der Waals surface area contributed by atoms with Crippen LogP contribution < -0.4 is 5.32 Å². The second kappa shape index (κ2) is 7.52. The summed E-state index contributed by atoms with van der Waals surface area (Å²) in [4.78, 5) is 0. The zero-order valence-electron chi connectivity index (χ0n) is 11.6. The van der Waals surface area contributed by atoms with E-state index >= 15 is 0 Å². The third-order valence-corrected chi connectivity index (χ3v) is 2.99. The van der Waals surface area contributed by atoms with Gasteiger partial charge in [-0.3, -0.25) is 0 Å². The van der Waals surface area contributed by atoms with Crippen LogP contribution in [0.5, 0.6) is 0 Å². The molecule has 0 amide bonds. The first-order chi connectivity index (χ1) is 8.52. The Bertz CT molecular complexity index is 335. The molecule has 0 radical (unpaired) electrons. The van der Waals surface area contributed by atoms with Crippen molar-refractivity contribution >= 4 is 0 Å². The maximum absolute atomic E-state index is 9.28. The Hall–Kier alpha value is -0.900. The molecule has 0 aliphatic carbocycles. The number of aliphatic hydroxyl groups is 2. The summed E-state index contributed by atoms with van der Waals surface area (Å²) in [5.74, 6) is 0.672. The van der Waals surface area contributed by atoms with Crippen molar-refractivity contribution < 1.29 is 10.2 Å². The van der Waals surface area contributed by atoms with E-state index in [0.717, 1.165) is 6.42 Å². The summed E-state index contributed by atoms with van der Waals surface area (Å²) in [6.45, 7) is 6.70. The molecule has 0 heterocycles. The minimum atomic E-state index is -0.687. The maximum Gasteiger partial charge on any atom is 0.0895 e. The van der Waals surface area contributed by atoms with Gasteiger partial charge in [0, 0.05) is 12.6 Å². The predicted molar refractivity (Wildman–Crippen MR) is 74.5 cm³/mol. The summed E-state index contributed by atoms with van der Waals surface area (Å²) >= 11 is 0. The molecular weight excluding hydrogens is 226 g/mol. The number of rotatable bonds is 7. The fraction of sp³-hybridized carbons (Fsp3) is 0.600. The average molecular weight is 251 g/mol. The molecule has 1 aromatic carbocycles. The van der Waals surface area contributed by atoms with Gasteiger partial charge in [-0.05, 0) is 30.4 Å². The Labute approximate surface area is 110 Å². The Morgan fingerprint density at radius 1 is 1.11 bits per heavy atom. The molecular formula is C15H25NO2. The highest BCUT2D eigenvalue weighted by molar-refractivity contribution is 5.25. The molecule has 1 rings (SSSR count). The lowest BCUT2D eigenvalue weighted by Crippen LogP contribution is -2.31. The van der Waals surface area contributed by atoms with Crippen LogP contribution in [0.2, 0.25) is 0 Å². The highest BCUT2D eigenvalue weighted by atomic mass is 16.3. The summed E-state index contributed by atoms with van der Waals surface area (Å²) in [6, 6.07) is 8.76. The highest BCUT2D eigenvalue weighted by Gasteiger charge is 2.08. The van der Waals surface area contributed by atoms with E-state index in [1.54, 1.807) is 0 Å². The molecule has 0 spiro atoms. The van der Waals surface area contributed by atoms with Crippen molar-refractivity contribution in [3.63, 3.8) is 0 Å². The molecule has 0 aromatic heterocycles. The number of hydrogen-bond donors (Lipinski definition) is 3. The Morgan fingerprint density at radius 2 is 1.72 bits per heavy atom. The summed E-state index contributed by atoms with van der Waals surface area (Å²) in [7, 11) is 0. The van der Waals surface area contributed by atoms with Crippen molar-refractivity contribution in [3.05, 3.63) is 35.4 Å². The minimum Gasteiger partial charge on any atom is -0.394 e. The topological polar surface area (TPSA) is 52.5 Å². The van der Waals surface area contributed by atoms with Gasteiger partial charge in [0.05, 0.1) is 12.7 Å². The molecule has 0 bridgehead atoms. The van der Waals surface area contributed by atoms with Gasteiger partial charge >= 0.3 is 0 Å². The van der Waals surface area contributed by atoms with Crippen LogP contribution in [0.3, 0.4) is 0 Å². The molecule has 2 atom stereocenters.